The van der Waals surface area contributed by atoms with Gasteiger partial charge in [0.1, 0.15) is 0 Å². The molecule has 3 nitrogen and oxygen atoms in total. The van der Waals surface area contributed by atoms with Crippen molar-refractivity contribution in [3.63, 3.8) is 0 Å². The van der Waals surface area contributed by atoms with E-state index in [2.05, 4.69) is 51.9 Å². The highest BCUT2D eigenvalue weighted by Crippen LogP contribution is 2.23. The Balaban J connectivity index is 1.82. The number of para-hydroxylation sites is 1. The Bertz CT molecular complexity index is 692. The topological polar surface area (TPSA) is 37.8 Å². The highest BCUT2D eigenvalue weighted by Gasteiger charge is 2.04. The lowest BCUT2D eigenvalue weighted by molar-refractivity contribution is 0.975. The van der Waals surface area contributed by atoms with Crippen LogP contribution in [0, 0.1) is 0 Å². The molecule has 0 amide bonds. The van der Waals surface area contributed by atoms with E-state index in [1.54, 1.807) is 11.3 Å². The fourth-order valence-corrected chi connectivity index (χ4v) is 2.84. The SMILES string of the molecule is CCc1cc(NCCc2cscn2)c2ccccc2n1. The summed E-state index contributed by atoms with van der Waals surface area (Å²) in [5.74, 6) is 0. The van der Waals surface area contributed by atoms with Crippen LogP contribution < -0.4 is 5.32 Å². The van der Waals surface area contributed by atoms with Crippen molar-refractivity contribution in [2.45, 2.75) is 19.8 Å². The van der Waals surface area contributed by atoms with Crippen LogP contribution in [-0.4, -0.2) is 16.5 Å². The van der Waals surface area contributed by atoms with Gasteiger partial charge in [-0.1, -0.05) is 25.1 Å². The second-order valence-electron chi connectivity index (χ2n) is 4.69. The summed E-state index contributed by atoms with van der Waals surface area (Å²) in [7, 11) is 0. The molecule has 0 atom stereocenters. The summed E-state index contributed by atoms with van der Waals surface area (Å²) in [6.45, 7) is 3.02. The summed E-state index contributed by atoms with van der Waals surface area (Å²) >= 11 is 1.65. The zero-order valence-corrected chi connectivity index (χ0v) is 12.3. The van der Waals surface area contributed by atoms with Gasteiger partial charge in [0.2, 0.25) is 0 Å². The first-order chi connectivity index (χ1) is 9.86. The molecule has 0 radical (unpaired) electrons. The number of nitrogens with zero attached hydrogens (tertiary/aromatic N) is 2. The fraction of sp³-hybridized carbons (Fsp3) is 0.250. The summed E-state index contributed by atoms with van der Waals surface area (Å²) in [6, 6.07) is 10.4. The standard InChI is InChI=1S/C16H17N3S/c1-2-12-9-16(14-5-3-4-6-15(14)19-12)17-8-7-13-10-20-11-18-13/h3-6,9-11H,2,7-8H2,1H3,(H,17,19). The summed E-state index contributed by atoms with van der Waals surface area (Å²) in [5, 5.41) is 6.81. The van der Waals surface area contributed by atoms with Crippen LogP contribution in [0.4, 0.5) is 5.69 Å². The van der Waals surface area contributed by atoms with Crippen LogP contribution in [0.1, 0.15) is 18.3 Å². The second kappa shape index (κ2) is 6.01. The van der Waals surface area contributed by atoms with Crippen LogP contribution >= 0.6 is 11.3 Å². The first kappa shape index (κ1) is 13.1. The lowest BCUT2D eigenvalue weighted by atomic mass is 10.1. The smallest absolute Gasteiger partial charge is 0.0794 e. The molecule has 1 N–H and O–H groups in total. The number of hydrogen-bond acceptors (Lipinski definition) is 4. The third kappa shape index (κ3) is 2.80. The molecule has 0 aliphatic rings. The van der Waals surface area contributed by atoms with Crippen LogP contribution in [0.3, 0.4) is 0 Å². The minimum atomic E-state index is 0.890. The van der Waals surface area contributed by atoms with Crippen LogP contribution in [0.2, 0.25) is 0 Å². The van der Waals surface area contributed by atoms with E-state index >= 15 is 0 Å². The van der Waals surface area contributed by atoms with Gasteiger partial charge in [0.15, 0.2) is 0 Å². The van der Waals surface area contributed by atoms with Crippen molar-refractivity contribution in [3.05, 3.63) is 52.6 Å². The number of pyridine rings is 1. The van der Waals surface area contributed by atoms with Gasteiger partial charge in [0.25, 0.3) is 0 Å². The van der Waals surface area contributed by atoms with Crippen LogP contribution in [-0.2, 0) is 12.8 Å². The number of nitrogens with one attached hydrogen (secondary N) is 1. The summed E-state index contributed by atoms with van der Waals surface area (Å²) < 4.78 is 0. The molecular weight excluding hydrogens is 266 g/mol. The number of aryl methyl sites for hydroxylation is 1. The van der Waals surface area contributed by atoms with E-state index in [4.69, 9.17) is 0 Å². The molecule has 20 heavy (non-hydrogen) atoms. The molecule has 3 rings (SSSR count). The van der Waals surface area contributed by atoms with Gasteiger partial charge in [-0.3, -0.25) is 4.98 Å². The number of hydrogen-bond donors (Lipinski definition) is 1. The highest BCUT2D eigenvalue weighted by molar-refractivity contribution is 7.07. The average Bonchev–Trinajstić information content (AvgIpc) is 3.00. The van der Waals surface area contributed by atoms with E-state index in [1.807, 2.05) is 11.6 Å². The molecule has 0 unspecified atom stereocenters. The zero-order chi connectivity index (χ0) is 13.8. The predicted molar refractivity (Wildman–Crippen MR) is 85.4 cm³/mol. The van der Waals surface area contributed by atoms with Gasteiger partial charge in [-0.05, 0) is 18.6 Å². The lowest BCUT2D eigenvalue weighted by Gasteiger charge is -2.11. The van der Waals surface area contributed by atoms with E-state index in [1.165, 1.54) is 11.1 Å². The van der Waals surface area contributed by atoms with Crippen LogP contribution in [0.25, 0.3) is 10.9 Å². The quantitative estimate of drug-likeness (QED) is 0.771. The molecule has 0 saturated carbocycles. The number of thiazole rings is 1. The molecule has 0 aliphatic heterocycles. The van der Waals surface area contributed by atoms with Crippen molar-refractivity contribution >= 4 is 27.9 Å². The Morgan fingerprint density at radius 3 is 2.90 bits per heavy atom. The van der Waals surface area contributed by atoms with Gasteiger partial charge >= 0.3 is 0 Å². The Morgan fingerprint density at radius 1 is 1.20 bits per heavy atom. The maximum absolute atomic E-state index is 4.66. The number of anilines is 1. The van der Waals surface area contributed by atoms with Crippen molar-refractivity contribution in [2.24, 2.45) is 0 Å². The average molecular weight is 283 g/mol. The molecule has 1 aromatic carbocycles. The minimum absolute atomic E-state index is 0.890. The molecule has 2 aromatic heterocycles. The van der Waals surface area contributed by atoms with Gasteiger partial charge in [-0.2, -0.15) is 0 Å². The maximum atomic E-state index is 4.66. The Kier molecular flexibility index (Phi) is 3.92. The predicted octanol–water partition coefficient (Wildman–Crippen LogP) is 3.91. The zero-order valence-electron chi connectivity index (χ0n) is 11.5. The molecule has 0 spiro atoms. The number of benzene rings is 1. The summed E-state index contributed by atoms with van der Waals surface area (Å²) in [6.07, 6.45) is 1.90. The van der Waals surface area contributed by atoms with E-state index in [0.29, 0.717) is 0 Å². The van der Waals surface area contributed by atoms with E-state index < -0.39 is 0 Å². The van der Waals surface area contributed by atoms with Crippen molar-refractivity contribution in [1.82, 2.24) is 9.97 Å². The summed E-state index contributed by atoms with van der Waals surface area (Å²) in [5.41, 5.74) is 6.38. The molecule has 0 fully saturated rings. The van der Waals surface area contributed by atoms with E-state index in [9.17, 15) is 0 Å². The highest BCUT2D eigenvalue weighted by atomic mass is 32.1. The largest absolute Gasteiger partial charge is 0.384 e. The number of aromatic nitrogens is 2. The minimum Gasteiger partial charge on any atom is -0.384 e. The third-order valence-corrected chi connectivity index (χ3v) is 3.95. The normalized spacial score (nSPS) is 10.8. The van der Waals surface area contributed by atoms with Crippen LogP contribution in [0.5, 0.6) is 0 Å². The van der Waals surface area contributed by atoms with Crippen molar-refractivity contribution in [1.29, 1.82) is 0 Å². The van der Waals surface area contributed by atoms with Gasteiger partial charge in [0, 0.05) is 35.1 Å². The molecule has 0 bridgehead atoms. The molecule has 0 saturated heterocycles. The maximum Gasteiger partial charge on any atom is 0.0794 e. The van der Waals surface area contributed by atoms with E-state index in [-0.39, 0.29) is 0 Å². The molecule has 2 heterocycles. The van der Waals surface area contributed by atoms with Gasteiger partial charge < -0.3 is 5.32 Å². The van der Waals surface area contributed by atoms with E-state index in [0.717, 1.165) is 36.3 Å². The Morgan fingerprint density at radius 2 is 2.10 bits per heavy atom. The fourth-order valence-electron chi connectivity index (χ4n) is 2.24. The molecule has 3 aromatic rings. The first-order valence-electron chi connectivity index (χ1n) is 6.86. The third-order valence-electron chi connectivity index (χ3n) is 3.31. The molecule has 102 valence electrons. The first-order valence-corrected chi connectivity index (χ1v) is 7.80. The van der Waals surface area contributed by atoms with Crippen molar-refractivity contribution in [3.8, 4) is 0 Å². The van der Waals surface area contributed by atoms with Gasteiger partial charge in [-0.25, -0.2) is 4.98 Å². The van der Waals surface area contributed by atoms with Gasteiger partial charge in [-0.15, -0.1) is 11.3 Å². The lowest BCUT2D eigenvalue weighted by Crippen LogP contribution is -2.06. The molecule has 4 heteroatoms. The summed E-state index contributed by atoms with van der Waals surface area (Å²) in [4.78, 5) is 8.97. The van der Waals surface area contributed by atoms with Crippen molar-refractivity contribution in [2.75, 3.05) is 11.9 Å². The molecule has 0 aliphatic carbocycles. The van der Waals surface area contributed by atoms with Gasteiger partial charge in [0.05, 0.1) is 16.7 Å². The number of rotatable bonds is 5. The Labute approximate surface area is 122 Å². The Hall–Kier alpha value is -1.94. The van der Waals surface area contributed by atoms with Crippen molar-refractivity contribution < 1.29 is 0 Å². The molecular formula is C16H17N3S. The van der Waals surface area contributed by atoms with Crippen LogP contribution in [0.15, 0.2) is 41.2 Å². The second-order valence-corrected chi connectivity index (χ2v) is 5.41. The monoisotopic (exact) mass is 283 g/mol. The number of fused-ring (bicyclic) bond motifs is 1.